The second-order valence-electron chi connectivity index (χ2n) is 6.75. The number of thioether (sulfide) groups is 1. The maximum absolute atomic E-state index is 6.33. The molecular weight excluding hydrogens is 240 g/mol. The zero-order chi connectivity index (χ0) is 12.8. The molecule has 2 aliphatic rings. The third kappa shape index (κ3) is 2.35. The van der Waals surface area contributed by atoms with E-state index in [1.807, 2.05) is 0 Å². The van der Waals surface area contributed by atoms with Gasteiger partial charge in [-0.3, -0.25) is 0 Å². The van der Waals surface area contributed by atoms with Crippen molar-refractivity contribution in [1.82, 2.24) is 4.57 Å². The Balaban J connectivity index is 1.84. The summed E-state index contributed by atoms with van der Waals surface area (Å²) in [5, 5.41) is 0. The van der Waals surface area contributed by atoms with Crippen molar-refractivity contribution in [2.24, 2.45) is 17.1 Å². The van der Waals surface area contributed by atoms with Crippen LogP contribution in [0.3, 0.4) is 0 Å². The van der Waals surface area contributed by atoms with Gasteiger partial charge >= 0.3 is 0 Å². The Bertz CT molecular complexity index is 430. The summed E-state index contributed by atoms with van der Waals surface area (Å²) in [4.78, 5) is 0. The predicted molar refractivity (Wildman–Crippen MR) is 78.9 cm³/mol. The van der Waals surface area contributed by atoms with Crippen LogP contribution in [-0.4, -0.2) is 16.1 Å². The molecule has 18 heavy (non-hydrogen) atoms. The number of hydrogen-bond donors (Lipinski definition) is 1. The Morgan fingerprint density at radius 1 is 1.50 bits per heavy atom. The van der Waals surface area contributed by atoms with Crippen LogP contribution in [0.1, 0.15) is 44.0 Å². The Morgan fingerprint density at radius 3 is 3.06 bits per heavy atom. The van der Waals surface area contributed by atoms with Crippen LogP contribution in [0, 0.1) is 11.3 Å². The van der Waals surface area contributed by atoms with Crippen LogP contribution in [0.2, 0.25) is 0 Å². The van der Waals surface area contributed by atoms with E-state index in [2.05, 4.69) is 42.4 Å². The van der Waals surface area contributed by atoms with E-state index >= 15 is 0 Å². The van der Waals surface area contributed by atoms with Gasteiger partial charge in [-0.05, 0) is 53.7 Å². The van der Waals surface area contributed by atoms with Gasteiger partial charge in [0.25, 0.3) is 0 Å². The van der Waals surface area contributed by atoms with Crippen LogP contribution in [0.5, 0.6) is 0 Å². The van der Waals surface area contributed by atoms with Crippen LogP contribution in [0.4, 0.5) is 0 Å². The predicted octanol–water partition coefficient (Wildman–Crippen LogP) is 3.21. The Labute approximate surface area is 114 Å². The smallest absolute Gasteiger partial charge is 0.0318 e. The third-order valence-corrected chi connectivity index (χ3v) is 5.64. The molecule has 3 heteroatoms. The molecule has 1 aromatic heterocycles. The average molecular weight is 264 g/mol. The van der Waals surface area contributed by atoms with Gasteiger partial charge in [0.05, 0.1) is 0 Å². The summed E-state index contributed by atoms with van der Waals surface area (Å²) in [7, 11) is 0. The highest BCUT2D eigenvalue weighted by Gasteiger charge is 2.32. The van der Waals surface area contributed by atoms with Crippen molar-refractivity contribution in [3.05, 3.63) is 23.5 Å². The standard InChI is InChI=1S/C15H24N2S/c1-15(2)7-13(16)12-3-5-17(14(12)8-15)9-11-4-6-18-10-11/h3,5,11,13H,4,6-10,16H2,1-2H3. The molecule has 1 aliphatic heterocycles. The van der Waals surface area contributed by atoms with Crippen molar-refractivity contribution >= 4 is 11.8 Å². The van der Waals surface area contributed by atoms with E-state index in [9.17, 15) is 0 Å². The van der Waals surface area contributed by atoms with E-state index in [0.717, 1.165) is 12.3 Å². The number of nitrogens with zero attached hydrogens (tertiary/aromatic N) is 1. The Morgan fingerprint density at radius 2 is 2.33 bits per heavy atom. The monoisotopic (exact) mass is 264 g/mol. The van der Waals surface area contributed by atoms with E-state index in [0.29, 0.717) is 5.41 Å². The lowest BCUT2D eigenvalue weighted by atomic mass is 9.74. The zero-order valence-corrected chi connectivity index (χ0v) is 12.3. The molecular formula is C15H24N2S. The van der Waals surface area contributed by atoms with Gasteiger partial charge in [-0.2, -0.15) is 11.8 Å². The van der Waals surface area contributed by atoms with Crippen LogP contribution in [0.15, 0.2) is 12.3 Å². The first-order chi connectivity index (χ1) is 8.55. The third-order valence-electron chi connectivity index (χ3n) is 4.41. The molecule has 0 aromatic carbocycles. The zero-order valence-electron chi connectivity index (χ0n) is 11.5. The minimum atomic E-state index is 0.239. The molecule has 2 heterocycles. The van der Waals surface area contributed by atoms with Gasteiger partial charge in [0.2, 0.25) is 0 Å². The molecule has 2 atom stereocenters. The first kappa shape index (κ1) is 12.6. The fourth-order valence-corrected chi connectivity index (χ4v) is 4.74. The van der Waals surface area contributed by atoms with Gasteiger partial charge in [0, 0.05) is 24.5 Å². The minimum absolute atomic E-state index is 0.239. The highest BCUT2D eigenvalue weighted by molar-refractivity contribution is 7.99. The lowest BCUT2D eigenvalue weighted by Gasteiger charge is -2.34. The summed E-state index contributed by atoms with van der Waals surface area (Å²) in [6.45, 7) is 5.89. The number of rotatable bonds is 2. The number of nitrogens with two attached hydrogens (primary N) is 1. The van der Waals surface area contributed by atoms with Crippen molar-refractivity contribution in [2.75, 3.05) is 11.5 Å². The van der Waals surface area contributed by atoms with Gasteiger partial charge in [0.15, 0.2) is 0 Å². The molecule has 0 saturated carbocycles. The van der Waals surface area contributed by atoms with Gasteiger partial charge < -0.3 is 10.3 Å². The molecule has 100 valence electrons. The molecule has 1 fully saturated rings. The van der Waals surface area contributed by atoms with Crippen LogP contribution < -0.4 is 5.73 Å². The van der Waals surface area contributed by atoms with Gasteiger partial charge in [0.1, 0.15) is 0 Å². The van der Waals surface area contributed by atoms with E-state index in [1.165, 1.54) is 42.1 Å². The highest BCUT2D eigenvalue weighted by atomic mass is 32.2. The molecule has 1 aliphatic carbocycles. The Hall–Kier alpha value is -0.410. The number of fused-ring (bicyclic) bond motifs is 1. The van der Waals surface area contributed by atoms with Gasteiger partial charge in [-0.1, -0.05) is 13.8 Å². The van der Waals surface area contributed by atoms with E-state index < -0.39 is 0 Å². The molecule has 2 unspecified atom stereocenters. The molecule has 2 N–H and O–H groups in total. The maximum atomic E-state index is 6.33. The molecule has 0 amide bonds. The largest absolute Gasteiger partial charge is 0.351 e. The van der Waals surface area contributed by atoms with Crippen molar-refractivity contribution in [3.8, 4) is 0 Å². The van der Waals surface area contributed by atoms with E-state index in [1.54, 1.807) is 0 Å². The second kappa shape index (κ2) is 4.61. The first-order valence-corrected chi connectivity index (χ1v) is 8.22. The fraction of sp³-hybridized carbons (Fsp3) is 0.733. The molecule has 1 saturated heterocycles. The lowest BCUT2D eigenvalue weighted by molar-refractivity contribution is 0.273. The number of hydrogen-bond acceptors (Lipinski definition) is 2. The summed E-state index contributed by atoms with van der Waals surface area (Å²) in [5.74, 6) is 3.55. The SMILES string of the molecule is CC1(C)Cc2c(ccn2CC2CCSC2)C(N)C1. The van der Waals surface area contributed by atoms with Crippen LogP contribution in [0.25, 0.3) is 0 Å². The quantitative estimate of drug-likeness (QED) is 0.889. The lowest BCUT2D eigenvalue weighted by Crippen LogP contribution is -2.30. The minimum Gasteiger partial charge on any atom is -0.351 e. The molecule has 0 radical (unpaired) electrons. The summed E-state index contributed by atoms with van der Waals surface area (Å²) >= 11 is 2.10. The summed E-state index contributed by atoms with van der Waals surface area (Å²) in [6, 6.07) is 2.50. The second-order valence-corrected chi connectivity index (χ2v) is 7.90. The van der Waals surface area contributed by atoms with Gasteiger partial charge in [-0.15, -0.1) is 0 Å². The van der Waals surface area contributed by atoms with E-state index in [-0.39, 0.29) is 6.04 Å². The average Bonchev–Trinajstić information content (AvgIpc) is 2.88. The highest BCUT2D eigenvalue weighted by Crippen LogP contribution is 2.40. The maximum Gasteiger partial charge on any atom is 0.0318 e. The summed E-state index contributed by atoms with van der Waals surface area (Å²) < 4.78 is 2.49. The Kier molecular flexibility index (Phi) is 3.23. The van der Waals surface area contributed by atoms with Crippen LogP contribution in [-0.2, 0) is 13.0 Å². The van der Waals surface area contributed by atoms with Crippen molar-refractivity contribution in [3.63, 3.8) is 0 Å². The first-order valence-electron chi connectivity index (χ1n) is 7.06. The fourth-order valence-electron chi connectivity index (χ4n) is 3.47. The molecule has 1 aromatic rings. The van der Waals surface area contributed by atoms with E-state index in [4.69, 9.17) is 5.73 Å². The molecule has 2 nitrogen and oxygen atoms in total. The molecule has 3 rings (SSSR count). The summed E-state index contributed by atoms with van der Waals surface area (Å²) in [5.41, 5.74) is 9.59. The van der Waals surface area contributed by atoms with Crippen LogP contribution >= 0.6 is 11.8 Å². The topological polar surface area (TPSA) is 30.9 Å². The van der Waals surface area contributed by atoms with Crippen molar-refractivity contribution < 1.29 is 0 Å². The molecule has 0 bridgehead atoms. The van der Waals surface area contributed by atoms with Gasteiger partial charge in [-0.25, -0.2) is 0 Å². The summed E-state index contributed by atoms with van der Waals surface area (Å²) in [6.07, 6.45) is 5.95. The number of aromatic nitrogens is 1. The van der Waals surface area contributed by atoms with Crippen molar-refractivity contribution in [2.45, 2.75) is 45.7 Å². The molecule has 0 spiro atoms. The normalized spacial score (nSPS) is 30.4. The van der Waals surface area contributed by atoms with Crippen molar-refractivity contribution in [1.29, 1.82) is 0 Å².